The second kappa shape index (κ2) is 6.89. The third kappa shape index (κ3) is 4.12. The highest BCUT2D eigenvalue weighted by molar-refractivity contribution is 9.10. The standard InChI is InChI=1S/C12H18BrNO2/c1-9(8-15-2)14-7-10-6-11(13)4-5-12(10)16-3/h4-6,9,14H,7-8H2,1-3H3/p+1. The molecule has 0 spiro atoms. The van der Waals surface area contributed by atoms with E-state index in [2.05, 4.69) is 34.2 Å². The molecule has 0 radical (unpaired) electrons. The molecule has 0 heterocycles. The Kier molecular flexibility index (Phi) is 5.80. The van der Waals surface area contributed by atoms with Crippen molar-refractivity contribution >= 4 is 15.9 Å². The van der Waals surface area contributed by atoms with Gasteiger partial charge in [0.2, 0.25) is 0 Å². The van der Waals surface area contributed by atoms with E-state index in [-0.39, 0.29) is 0 Å². The summed E-state index contributed by atoms with van der Waals surface area (Å²) in [7, 11) is 3.43. The van der Waals surface area contributed by atoms with Crippen LogP contribution in [0.5, 0.6) is 5.75 Å². The molecule has 2 N–H and O–H groups in total. The first-order chi connectivity index (χ1) is 7.67. The summed E-state index contributed by atoms with van der Waals surface area (Å²) in [6, 6.07) is 6.51. The highest BCUT2D eigenvalue weighted by Gasteiger charge is 2.08. The molecule has 0 amide bonds. The van der Waals surface area contributed by atoms with E-state index in [1.807, 2.05) is 12.1 Å². The van der Waals surface area contributed by atoms with E-state index in [1.54, 1.807) is 14.2 Å². The van der Waals surface area contributed by atoms with Gasteiger partial charge in [-0.2, -0.15) is 0 Å². The van der Waals surface area contributed by atoms with E-state index in [9.17, 15) is 0 Å². The summed E-state index contributed by atoms with van der Waals surface area (Å²) < 4.78 is 11.5. The average Bonchev–Trinajstić information content (AvgIpc) is 2.27. The Morgan fingerprint density at radius 3 is 2.75 bits per heavy atom. The molecule has 4 heteroatoms. The Labute approximate surface area is 105 Å². The van der Waals surface area contributed by atoms with Gasteiger partial charge in [0.1, 0.15) is 18.3 Å². The van der Waals surface area contributed by atoms with E-state index in [0.29, 0.717) is 6.04 Å². The largest absolute Gasteiger partial charge is 0.496 e. The number of hydrogen-bond acceptors (Lipinski definition) is 2. The normalized spacial score (nSPS) is 12.5. The molecule has 1 atom stereocenters. The van der Waals surface area contributed by atoms with Crippen molar-refractivity contribution in [3.63, 3.8) is 0 Å². The lowest BCUT2D eigenvalue weighted by atomic mass is 10.2. The zero-order valence-corrected chi connectivity index (χ0v) is 11.6. The van der Waals surface area contributed by atoms with Crippen LogP contribution in [0, 0.1) is 0 Å². The second-order valence-electron chi connectivity index (χ2n) is 3.83. The van der Waals surface area contributed by atoms with E-state index in [0.717, 1.165) is 23.4 Å². The Balaban J connectivity index is 2.61. The van der Waals surface area contributed by atoms with Crippen LogP contribution in [0.4, 0.5) is 0 Å². The molecule has 0 saturated carbocycles. The van der Waals surface area contributed by atoms with Crippen LogP contribution in [0.3, 0.4) is 0 Å². The van der Waals surface area contributed by atoms with Gasteiger partial charge in [-0.05, 0) is 25.1 Å². The fraction of sp³-hybridized carbons (Fsp3) is 0.500. The quantitative estimate of drug-likeness (QED) is 0.862. The highest BCUT2D eigenvalue weighted by atomic mass is 79.9. The van der Waals surface area contributed by atoms with Gasteiger partial charge in [-0.1, -0.05) is 15.9 Å². The Morgan fingerprint density at radius 1 is 1.38 bits per heavy atom. The number of quaternary nitrogens is 1. The maximum absolute atomic E-state index is 5.32. The lowest BCUT2D eigenvalue weighted by Gasteiger charge is -2.12. The number of nitrogens with two attached hydrogens (primary N) is 1. The summed E-state index contributed by atoms with van der Waals surface area (Å²) in [4.78, 5) is 0. The lowest BCUT2D eigenvalue weighted by Crippen LogP contribution is -2.88. The predicted octanol–water partition coefficient (Wildman–Crippen LogP) is 1.56. The third-order valence-electron chi connectivity index (χ3n) is 2.41. The summed E-state index contributed by atoms with van der Waals surface area (Å²) in [6.45, 7) is 3.80. The van der Waals surface area contributed by atoms with Gasteiger partial charge in [0.05, 0.1) is 13.7 Å². The first kappa shape index (κ1) is 13.5. The molecule has 1 rings (SSSR count). The molecule has 3 nitrogen and oxygen atoms in total. The molecular formula is C12H19BrNO2+. The molecule has 0 saturated heterocycles. The molecule has 90 valence electrons. The smallest absolute Gasteiger partial charge is 0.127 e. The molecule has 16 heavy (non-hydrogen) atoms. The third-order valence-corrected chi connectivity index (χ3v) is 2.91. The van der Waals surface area contributed by atoms with Crippen LogP contribution < -0.4 is 10.1 Å². The topological polar surface area (TPSA) is 35.1 Å². The molecular weight excluding hydrogens is 270 g/mol. The fourth-order valence-corrected chi connectivity index (χ4v) is 1.97. The molecule has 0 aliphatic heterocycles. The first-order valence-corrected chi connectivity index (χ1v) is 6.11. The Morgan fingerprint density at radius 2 is 2.12 bits per heavy atom. The van der Waals surface area contributed by atoms with E-state index in [4.69, 9.17) is 9.47 Å². The average molecular weight is 289 g/mol. The van der Waals surface area contributed by atoms with Crippen molar-refractivity contribution in [3.8, 4) is 5.75 Å². The zero-order valence-electron chi connectivity index (χ0n) is 10.00. The van der Waals surface area contributed by atoms with E-state index in [1.165, 1.54) is 5.56 Å². The van der Waals surface area contributed by atoms with Crippen LogP contribution >= 0.6 is 15.9 Å². The summed E-state index contributed by atoms with van der Waals surface area (Å²) >= 11 is 3.47. The second-order valence-corrected chi connectivity index (χ2v) is 4.74. The van der Waals surface area contributed by atoms with E-state index < -0.39 is 0 Å². The number of hydrogen-bond donors (Lipinski definition) is 1. The minimum absolute atomic E-state index is 0.452. The van der Waals surface area contributed by atoms with Crippen LogP contribution in [0.2, 0.25) is 0 Å². The van der Waals surface area contributed by atoms with Crippen LogP contribution in [0.1, 0.15) is 12.5 Å². The number of halogens is 1. The van der Waals surface area contributed by atoms with Crippen molar-refractivity contribution in [2.45, 2.75) is 19.5 Å². The molecule has 0 aliphatic rings. The molecule has 0 aliphatic carbocycles. The van der Waals surface area contributed by atoms with Gasteiger partial charge in [0.15, 0.2) is 0 Å². The van der Waals surface area contributed by atoms with Crippen molar-refractivity contribution in [3.05, 3.63) is 28.2 Å². The van der Waals surface area contributed by atoms with Crippen molar-refractivity contribution in [1.29, 1.82) is 0 Å². The molecule has 1 aromatic carbocycles. The molecule has 1 unspecified atom stereocenters. The van der Waals surface area contributed by atoms with Gasteiger partial charge in [-0.25, -0.2) is 0 Å². The molecule has 1 aromatic rings. The van der Waals surface area contributed by atoms with Crippen LogP contribution in [0.15, 0.2) is 22.7 Å². The molecule has 0 bridgehead atoms. The summed E-state index contributed by atoms with van der Waals surface area (Å²) in [6.07, 6.45) is 0. The van der Waals surface area contributed by atoms with Gasteiger partial charge in [-0.15, -0.1) is 0 Å². The van der Waals surface area contributed by atoms with Crippen molar-refractivity contribution < 1.29 is 14.8 Å². The fourth-order valence-electron chi connectivity index (χ4n) is 1.57. The summed E-state index contributed by atoms with van der Waals surface area (Å²) in [5, 5.41) is 2.24. The van der Waals surface area contributed by atoms with Gasteiger partial charge in [0.25, 0.3) is 0 Å². The Hall–Kier alpha value is -0.580. The molecule has 0 aromatic heterocycles. The van der Waals surface area contributed by atoms with Gasteiger partial charge in [-0.3, -0.25) is 0 Å². The highest BCUT2D eigenvalue weighted by Crippen LogP contribution is 2.21. The van der Waals surface area contributed by atoms with Gasteiger partial charge < -0.3 is 14.8 Å². The summed E-state index contributed by atoms with van der Waals surface area (Å²) in [5.74, 6) is 0.934. The predicted molar refractivity (Wildman–Crippen MR) is 67.7 cm³/mol. The maximum atomic E-state index is 5.32. The summed E-state index contributed by atoms with van der Waals surface area (Å²) in [5.41, 5.74) is 1.19. The number of methoxy groups -OCH3 is 2. The van der Waals surface area contributed by atoms with Crippen molar-refractivity contribution in [2.75, 3.05) is 20.8 Å². The van der Waals surface area contributed by atoms with Crippen molar-refractivity contribution in [1.82, 2.24) is 0 Å². The van der Waals surface area contributed by atoms with Crippen molar-refractivity contribution in [2.24, 2.45) is 0 Å². The van der Waals surface area contributed by atoms with Crippen LogP contribution in [0.25, 0.3) is 0 Å². The van der Waals surface area contributed by atoms with Gasteiger partial charge >= 0.3 is 0 Å². The number of benzene rings is 1. The molecule has 0 fully saturated rings. The number of ether oxygens (including phenoxy) is 2. The first-order valence-electron chi connectivity index (χ1n) is 5.32. The zero-order chi connectivity index (χ0) is 12.0. The minimum atomic E-state index is 0.452. The Bertz CT molecular complexity index is 331. The number of rotatable bonds is 6. The van der Waals surface area contributed by atoms with Gasteiger partial charge in [0, 0.05) is 17.1 Å². The van der Waals surface area contributed by atoms with Crippen LogP contribution in [-0.4, -0.2) is 26.9 Å². The SMILES string of the molecule is COCC(C)[NH2+]Cc1cc(Br)ccc1OC. The maximum Gasteiger partial charge on any atom is 0.127 e. The minimum Gasteiger partial charge on any atom is -0.496 e. The van der Waals surface area contributed by atoms with E-state index >= 15 is 0 Å². The lowest BCUT2D eigenvalue weighted by molar-refractivity contribution is -0.702. The monoisotopic (exact) mass is 288 g/mol. The van der Waals surface area contributed by atoms with Crippen LogP contribution in [-0.2, 0) is 11.3 Å².